The van der Waals surface area contributed by atoms with Crippen molar-refractivity contribution in [1.82, 2.24) is 4.90 Å². The van der Waals surface area contributed by atoms with Crippen LogP contribution in [0.2, 0.25) is 0 Å². The maximum atomic E-state index is 7.57. The maximum Gasteiger partial charge on any atom is 0.123 e. The fourth-order valence-electron chi connectivity index (χ4n) is 2.78. The molecule has 0 amide bonds. The molecule has 1 saturated heterocycles. The molecule has 2 rings (SSSR count). The second kappa shape index (κ2) is 7.29. The highest BCUT2D eigenvalue weighted by molar-refractivity contribution is 5.95. The number of nitrogens with two attached hydrogens (primary N) is 1. The first-order chi connectivity index (χ1) is 9.70. The van der Waals surface area contributed by atoms with Gasteiger partial charge in [0.15, 0.2) is 0 Å². The molecule has 1 aliphatic heterocycles. The Balaban J connectivity index is 2.12. The normalized spacial score (nSPS) is 17.2. The zero-order valence-corrected chi connectivity index (χ0v) is 12.3. The van der Waals surface area contributed by atoms with Gasteiger partial charge >= 0.3 is 0 Å². The van der Waals surface area contributed by atoms with Gasteiger partial charge in [-0.05, 0) is 44.1 Å². The van der Waals surface area contributed by atoms with E-state index >= 15 is 0 Å². The minimum Gasteiger partial charge on any atom is -0.496 e. The molecular weight excluding hydrogens is 250 g/mol. The van der Waals surface area contributed by atoms with Crippen molar-refractivity contribution in [3.05, 3.63) is 29.3 Å². The van der Waals surface area contributed by atoms with Crippen LogP contribution >= 0.6 is 0 Å². The van der Waals surface area contributed by atoms with Crippen molar-refractivity contribution >= 4 is 5.84 Å². The first-order valence-corrected chi connectivity index (χ1v) is 7.44. The Morgan fingerprint density at radius 2 is 1.85 bits per heavy atom. The van der Waals surface area contributed by atoms with Gasteiger partial charge in [0.2, 0.25) is 0 Å². The SMILES string of the molecule is COc1ccc(C(=N)N)cc1CN1CCCCCCC1. The lowest BCUT2D eigenvalue weighted by Crippen LogP contribution is -2.27. The van der Waals surface area contributed by atoms with E-state index in [1.807, 2.05) is 18.2 Å². The summed E-state index contributed by atoms with van der Waals surface area (Å²) in [5.74, 6) is 0.999. The molecule has 1 aromatic carbocycles. The van der Waals surface area contributed by atoms with Gasteiger partial charge in [0.05, 0.1) is 7.11 Å². The summed E-state index contributed by atoms with van der Waals surface area (Å²) in [7, 11) is 1.69. The number of nitrogens with zero attached hydrogens (tertiary/aromatic N) is 1. The average Bonchev–Trinajstić information content (AvgIpc) is 2.41. The summed E-state index contributed by atoms with van der Waals surface area (Å²) in [5.41, 5.74) is 7.48. The molecule has 110 valence electrons. The Hall–Kier alpha value is -1.55. The van der Waals surface area contributed by atoms with E-state index in [4.69, 9.17) is 15.9 Å². The maximum absolute atomic E-state index is 7.57. The van der Waals surface area contributed by atoms with Crippen molar-refractivity contribution in [3.63, 3.8) is 0 Å². The second-order valence-corrected chi connectivity index (χ2v) is 5.48. The molecule has 1 heterocycles. The molecule has 4 heteroatoms. The van der Waals surface area contributed by atoms with Crippen LogP contribution in [0.1, 0.15) is 43.2 Å². The quantitative estimate of drug-likeness (QED) is 0.656. The molecule has 4 nitrogen and oxygen atoms in total. The minimum absolute atomic E-state index is 0.113. The van der Waals surface area contributed by atoms with Crippen molar-refractivity contribution < 1.29 is 4.74 Å². The fourth-order valence-corrected chi connectivity index (χ4v) is 2.78. The number of benzene rings is 1. The number of amidine groups is 1. The molecule has 0 bridgehead atoms. The summed E-state index contributed by atoms with van der Waals surface area (Å²) in [6, 6.07) is 5.74. The number of hydrogen-bond acceptors (Lipinski definition) is 3. The highest BCUT2D eigenvalue weighted by Crippen LogP contribution is 2.23. The fraction of sp³-hybridized carbons (Fsp3) is 0.562. The first kappa shape index (κ1) is 14.9. The van der Waals surface area contributed by atoms with E-state index in [2.05, 4.69) is 4.90 Å². The van der Waals surface area contributed by atoms with Gasteiger partial charge < -0.3 is 10.5 Å². The van der Waals surface area contributed by atoms with Crippen LogP contribution in [0.25, 0.3) is 0 Å². The van der Waals surface area contributed by atoms with Crippen LogP contribution < -0.4 is 10.5 Å². The molecule has 0 aliphatic carbocycles. The summed E-state index contributed by atoms with van der Waals surface area (Å²) < 4.78 is 5.44. The molecule has 20 heavy (non-hydrogen) atoms. The molecular formula is C16H25N3O. The first-order valence-electron chi connectivity index (χ1n) is 7.44. The van der Waals surface area contributed by atoms with Gasteiger partial charge in [0.1, 0.15) is 11.6 Å². The van der Waals surface area contributed by atoms with Crippen LogP contribution in [0.5, 0.6) is 5.75 Å². The molecule has 0 aromatic heterocycles. The highest BCUT2D eigenvalue weighted by atomic mass is 16.5. The predicted molar refractivity (Wildman–Crippen MR) is 82.4 cm³/mol. The molecule has 0 saturated carbocycles. The molecule has 0 spiro atoms. The van der Waals surface area contributed by atoms with Gasteiger partial charge in [-0.2, -0.15) is 0 Å². The van der Waals surface area contributed by atoms with Gasteiger partial charge in [-0.25, -0.2) is 0 Å². The van der Waals surface area contributed by atoms with Crippen molar-refractivity contribution in [2.75, 3.05) is 20.2 Å². The Kier molecular flexibility index (Phi) is 5.41. The zero-order chi connectivity index (χ0) is 14.4. The van der Waals surface area contributed by atoms with Crippen LogP contribution in [-0.4, -0.2) is 30.9 Å². The van der Waals surface area contributed by atoms with Crippen molar-refractivity contribution in [2.45, 2.75) is 38.6 Å². The lowest BCUT2D eigenvalue weighted by molar-refractivity contribution is 0.236. The van der Waals surface area contributed by atoms with Crippen LogP contribution in [0.3, 0.4) is 0 Å². The average molecular weight is 275 g/mol. The zero-order valence-electron chi connectivity index (χ0n) is 12.3. The predicted octanol–water partition coefficient (Wildman–Crippen LogP) is 2.75. The summed E-state index contributed by atoms with van der Waals surface area (Å²) in [4.78, 5) is 2.49. The minimum atomic E-state index is 0.113. The number of methoxy groups -OCH3 is 1. The van der Waals surface area contributed by atoms with Crippen LogP contribution in [0.15, 0.2) is 18.2 Å². The third-order valence-electron chi connectivity index (χ3n) is 3.93. The standard InChI is InChI=1S/C16H25N3O/c1-20-15-8-7-13(16(17)18)11-14(15)12-19-9-5-3-2-4-6-10-19/h7-8,11H,2-6,9-10,12H2,1H3,(H3,17,18). The third kappa shape index (κ3) is 3.97. The molecule has 1 aromatic rings. The number of likely N-dealkylation sites (tertiary alicyclic amines) is 1. The molecule has 0 atom stereocenters. The Morgan fingerprint density at radius 1 is 1.20 bits per heavy atom. The van der Waals surface area contributed by atoms with E-state index in [1.54, 1.807) is 7.11 Å². The van der Waals surface area contributed by atoms with Crippen molar-refractivity contribution in [2.24, 2.45) is 5.73 Å². The largest absolute Gasteiger partial charge is 0.496 e. The number of rotatable bonds is 4. The van der Waals surface area contributed by atoms with Crippen LogP contribution in [-0.2, 0) is 6.54 Å². The Morgan fingerprint density at radius 3 is 2.45 bits per heavy atom. The van der Waals surface area contributed by atoms with Gasteiger partial charge in [-0.1, -0.05) is 19.3 Å². The Labute approximate surface area is 121 Å². The molecule has 3 N–H and O–H groups in total. The van der Waals surface area contributed by atoms with E-state index in [-0.39, 0.29) is 5.84 Å². The smallest absolute Gasteiger partial charge is 0.123 e. The van der Waals surface area contributed by atoms with E-state index in [9.17, 15) is 0 Å². The molecule has 0 unspecified atom stereocenters. The van der Waals surface area contributed by atoms with Crippen LogP contribution in [0, 0.1) is 5.41 Å². The number of nitrogen functional groups attached to an aromatic ring is 1. The van der Waals surface area contributed by atoms with E-state index in [0.29, 0.717) is 0 Å². The van der Waals surface area contributed by atoms with E-state index in [0.717, 1.165) is 36.5 Å². The molecule has 1 fully saturated rings. The summed E-state index contributed by atoms with van der Waals surface area (Å²) >= 11 is 0. The Bertz CT molecular complexity index is 451. The third-order valence-corrected chi connectivity index (χ3v) is 3.93. The number of hydrogen-bond donors (Lipinski definition) is 2. The highest BCUT2D eigenvalue weighted by Gasteiger charge is 2.12. The van der Waals surface area contributed by atoms with Crippen LogP contribution in [0.4, 0.5) is 0 Å². The topological polar surface area (TPSA) is 62.3 Å². The molecule has 0 radical (unpaired) electrons. The lowest BCUT2D eigenvalue weighted by atomic mass is 10.1. The summed E-state index contributed by atoms with van der Waals surface area (Å²) in [6.07, 6.45) is 6.59. The van der Waals surface area contributed by atoms with Crippen molar-refractivity contribution in [1.29, 1.82) is 5.41 Å². The van der Waals surface area contributed by atoms with Gasteiger partial charge in [-0.15, -0.1) is 0 Å². The summed E-state index contributed by atoms with van der Waals surface area (Å²) in [5, 5.41) is 7.57. The van der Waals surface area contributed by atoms with Gasteiger partial charge in [-0.3, -0.25) is 10.3 Å². The second-order valence-electron chi connectivity index (χ2n) is 5.48. The molecule has 1 aliphatic rings. The van der Waals surface area contributed by atoms with Gasteiger partial charge in [0.25, 0.3) is 0 Å². The number of ether oxygens (including phenoxy) is 1. The number of nitrogens with one attached hydrogen (secondary N) is 1. The monoisotopic (exact) mass is 275 g/mol. The summed E-state index contributed by atoms with van der Waals surface area (Å²) in [6.45, 7) is 3.17. The van der Waals surface area contributed by atoms with E-state index < -0.39 is 0 Å². The lowest BCUT2D eigenvalue weighted by Gasteiger charge is -2.25. The van der Waals surface area contributed by atoms with E-state index in [1.165, 1.54) is 32.1 Å². The van der Waals surface area contributed by atoms with Gasteiger partial charge in [0, 0.05) is 17.7 Å². The van der Waals surface area contributed by atoms with Crippen molar-refractivity contribution in [3.8, 4) is 5.75 Å².